The first-order valence-corrected chi connectivity index (χ1v) is 12.6. The third-order valence-corrected chi connectivity index (χ3v) is 6.85. The molecule has 1 heterocycles. The normalized spacial score (nSPS) is 15.6. The van der Waals surface area contributed by atoms with Gasteiger partial charge in [-0.2, -0.15) is 0 Å². The van der Waals surface area contributed by atoms with Crippen LogP contribution in [0.15, 0.2) is 81.1 Å². The summed E-state index contributed by atoms with van der Waals surface area (Å²) in [5, 5.41) is 0.536. The quantitative estimate of drug-likeness (QED) is 0.238. The van der Waals surface area contributed by atoms with Crippen molar-refractivity contribution in [1.82, 2.24) is 4.90 Å². The highest BCUT2D eigenvalue weighted by molar-refractivity contribution is 9.10. The van der Waals surface area contributed by atoms with Crippen molar-refractivity contribution >= 4 is 56.5 Å². The summed E-state index contributed by atoms with van der Waals surface area (Å²) in [5.74, 6) is -0.197. The second-order valence-corrected chi connectivity index (χ2v) is 9.60. The van der Waals surface area contributed by atoms with Gasteiger partial charge < -0.3 is 9.47 Å². The number of amides is 1. The van der Waals surface area contributed by atoms with E-state index in [-0.39, 0.29) is 17.7 Å². The Morgan fingerprint density at radius 2 is 1.83 bits per heavy atom. The maximum absolute atomic E-state index is 13.1. The highest BCUT2D eigenvalue weighted by Crippen LogP contribution is 2.34. The third-order valence-electron chi connectivity index (χ3n) is 5.17. The maximum Gasteiger partial charge on any atom is 0.338 e. The van der Waals surface area contributed by atoms with Crippen molar-refractivity contribution in [3.8, 4) is 5.75 Å². The molecule has 9 heteroatoms. The molecule has 0 aliphatic carbocycles. The number of thioether (sulfide) groups is 1. The van der Waals surface area contributed by atoms with Crippen LogP contribution in [-0.2, 0) is 16.1 Å². The SMILES string of the molecule is CCOC(=O)c1ccc(N=C2S/C(=C\c3ccc(OCc4ccc(F)cc4)c(Br)c3)C(=O)N2C)cc1. The van der Waals surface area contributed by atoms with Crippen LogP contribution in [0, 0.1) is 5.82 Å². The molecule has 0 saturated carbocycles. The van der Waals surface area contributed by atoms with E-state index < -0.39 is 0 Å². The number of esters is 1. The van der Waals surface area contributed by atoms with Crippen LogP contribution in [0.1, 0.15) is 28.4 Å². The van der Waals surface area contributed by atoms with Gasteiger partial charge in [-0.15, -0.1) is 0 Å². The average molecular weight is 569 g/mol. The number of carbonyl (C=O) groups excluding carboxylic acids is 2. The minimum Gasteiger partial charge on any atom is -0.488 e. The van der Waals surface area contributed by atoms with E-state index in [1.807, 2.05) is 18.2 Å². The number of nitrogens with zero attached hydrogens (tertiary/aromatic N) is 2. The van der Waals surface area contributed by atoms with E-state index >= 15 is 0 Å². The fraction of sp³-hybridized carbons (Fsp3) is 0.148. The molecular formula is C27H22BrFN2O4S. The number of aliphatic imine (C=N–C) groups is 1. The van der Waals surface area contributed by atoms with Gasteiger partial charge in [-0.1, -0.05) is 18.2 Å². The van der Waals surface area contributed by atoms with Crippen LogP contribution in [0.3, 0.4) is 0 Å². The average Bonchev–Trinajstić information content (AvgIpc) is 3.12. The monoisotopic (exact) mass is 568 g/mol. The molecule has 0 N–H and O–H groups in total. The Morgan fingerprint density at radius 3 is 2.50 bits per heavy atom. The molecule has 1 fully saturated rings. The molecule has 0 radical (unpaired) electrons. The lowest BCUT2D eigenvalue weighted by Gasteiger charge is -2.09. The van der Waals surface area contributed by atoms with Gasteiger partial charge in [0, 0.05) is 7.05 Å². The van der Waals surface area contributed by atoms with Crippen LogP contribution in [0.2, 0.25) is 0 Å². The second kappa shape index (κ2) is 11.5. The molecular weight excluding hydrogens is 547 g/mol. The van der Waals surface area contributed by atoms with Gasteiger partial charge in [0.05, 0.1) is 27.2 Å². The molecule has 0 aromatic heterocycles. The standard InChI is InChI=1S/C27H22BrFN2O4S/c1-3-34-26(33)19-7-11-21(12-8-19)30-27-31(2)25(32)24(36-27)15-18-6-13-23(22(28)14-18)35-16-17-4-9-20(29)10-5-17/h4-15H,3,16H2,1-2H3/b24-15-,30-27?. The molecule has 1 aliphatic heterocycles. The van der Waals surface area contributed by atoms with Gasteiger partial charge in [-0.05, 0) is 100 Å². The van der Waals surface area contributed by atoms with Crippen molar-refractivity contribution in [2.75, 3.05) is 13.7 Å². The van der Waals surface area contributed by atoms with Crippen LogP contribution >= 0.6 is 27.7 Å². The van der Waals surface area contributed by atoms with Crippen LogP contribution in [0.4, 0.5) is 10.1 Å². The molecule has 0 unspecified atom stereocenters. The Balaban J connectivity index is 1.45. The van der Waals surface area contributed by atoms with Crippen LogP contribution in [0.25, 0.3) is 6.08 Å². The van der Waals surface area contributed by atoms with E-state index in [1.54, 1.807) is 56.4 Å². The molecule has 0 spiro atoms. The summed E-state index contributed by atoms with van der Waals surface area (Å²) in [6.45, 7) is 2.37. The van der Waals surface area contributed by atoms with Gasteiger partial charge in [-0.3, -0.25) is 9.69 Å². The van der Waals surface area contributed by atoms with Crippen LogP contribution in [0.5, 0.6) is 5.75 Å². The summed E-state index contributed by atoms with van der Waals surface area (Å²) >= 11 is 4.79. The van der Waals surface area contributed by atoms with E-state index in [1.165, 1.54) is 28.8 Å². The molecule has 1 amide bonds. The van der Waals surface area contributed by atoms with Crippen molar-refractivity contribution in [3.63, 3.8) is 0 Å². The van der Waals surface area contributed by atoms with Crippen molar-refractivity contribution in [1.29, 1.82) is 0 Å². The first kappa shape index (κ1) is 25.7. The Kier molecular flexibility index (Phi) is 8.22. The number of hydrogen-bond donors (Lipinski definition) is 0. The van der Waals surface area contributed by atoms with E-state index in [2.05, 4.69) is 20.9 Å². The number of hydrogen-bond acceptors (Lipinski definition) is 6. The Hall–Kier alpha value is -3.43. The summed E-state index contributed by atoms with van der Waals surface area (Å²) in [6, 6.07) is 18.4. The Morgan fingerprint density at radius 1 is 1.11 bits per heavy atom. The number of rotatable bonds is 7. The number of likely N-dealkylation sites (N-methyl/N-ethyl adjacent to an activating group) is 1. The van der Waals surface area contributed by atoms with E-state index in [9.17, 15) is 14.0 Å². The van der Waals surface area contributed by atoms with E-state index in [4.69, 9.17) is 9.47 Å². The van der Waals surface area contributed by atoms with Crippen LogP contribution < -0.4 is 4.74 Å². The maximum atomic E-state index is 13.1. The van der Waals surface area contributed by atoms with Crippen molar-refractivity contribution < 1.29 is 23.5 Å². The predicted octanol–water partition coefficient (Wildman–Crippen LogP) is 6.58. The van der Waals surface area contributed by atoms with Gasteiger partial charge in [0.15, 0.2) is 5.17 Å². The summed E-state index contributed by atoms with van der Waals surface area (Å²) in [6.07, 6.45) is 1.80. The lowest BCUT2D eigenvalue weighted by atomic mass is 10.2. The number of amidine groups is 1. The number of halogens is 2. The minimum atomic E-state index is -0.387. The predicted molar refractivity (Wildman–Crippen MR) is 143 cm³/mol. The molecule has 0 atom stereocenters. The molecule has 0 bridgehead atoms. The van der Waals surface area contributed by atoms with Gasteiger partial charge in [0.25, 0.3) is 5.91 Å². The highest BCUT2D eigenvalue weighted by atomic mass is 79.9. The summed E-state index contributed by atoms with van der Waals surface area (Å²) in [5.41, 5.74) is 2.74. The molecule has 4 rings (SSSR count). The fourth-order valence-electron chi connectivity index (χ4n) is 3.27. The largest absolute Gasteiger partial charge is 0.488 e. The van der Waals surface area contributed by atoms with Crippen molar-refractivity contribution in [2.45, 2.75) is 13.5 Å². The summed E-state index contributed by atoms with van der Waals surface area (Å²) < 4.78 is 24.6. The second-order valence-electron chi connectivity index (χ2n) is 7.74. The van der Waals surface area contributed by atoms with Crippen molar-refractivity contribution in [2.24, 2.45) is 4.99 Å². The zero-order valence-electron chi connectivity index (χ0n) is 19.5. The summed E-state index contributed by atoms with van der Waals surface area (Å²) in [7, 11) is 1.67. The Bertz CT molecular complexity index is 1340. The summed E-state index contributed by atoms with van der Waals surface area (Å²) in [4.78, 5) is 31.2. The van der Waals surface area contributed by atoms with Crippen molar-refractivity contribution in [3.05, 3.63) is 98.6 Å². The number of ether oxygens (including phenoxy) is 2. The third kappa shape index (κ3) is 6.22. The van der Waals surface area contributed by atoms with E-state index in [0.29, 0.717) is 40.3 Å². The van der Waals surface area contributed by atoms with Gasteiger partial charge >= 0.3 is 5.97 Å². The fourth-order valence-corrected chi connectivity index (χ4v) is 4.76. The molecule has 3 aromatic rings. The smallest absolute Gasteiger partial charge is 0.338 e. The molecule has 3 aromatic carbocycles. The van der Waals surface area contributed by atoms with Gasteiger partial charge in [0.2, 0.25) is 0 Å². The minimum absolute atomic E-state index is 0.158. The highest BCUT2D eigenvalue weighted by Gasteiger charge is 2.30. The molecule has 184 valence electrons. The first-order valence-electron chi connectivity index (χ1n) is 11.0. The number of carbonyl (C=O) groups is 2. The molecule has 1 saturated heterocycles. The first-order chi connectivity index (χ1) is 17.3. The zero-order valence-corrected chi connectivity index (χ0v) is 21.9. The Labute approximate surface area is 220 Å². The lowest BCUT2D eigenvalue weighted by Crippen LogP contribution is -2.23. The molecule has 36 heavy (non-hydrogen) atoms. The lowest BCUT2D eigenvalue weighted by molar-refractivity contribution is -0.121. The van der Waals surface area contributed by atoms with Gasteiger partial charge in [0.1, 0.15) is 18.2 Å². The molecule has 1 aliphatic rings. The van der Waals surface area contributed by atoms with Gasteiger partial charge in [-0.25, -0.2) is 14.2 Å². The molecule has 6 nitrogen and oxygen atoms in total. The van der Waals surface area contributed by atoms with E-state index in [0.717, 1.165) is 15.6 Å². The van der Waals surface area contributed by atoms with Crippen LogP contribution in [-0.4, -0.2) is 35.6 Å². The zero-order chi connectivity index (χ0) is 25.7. The topological polar surface area (TPSA) is 68.2 Å². The number of benzene rings is 3.